The van der Waals surface area contributed by atoms with Crippen molar-refractivity contribution in [2.24, 2.45) is 17.8 Å². The first-order valence-corrected chi connectivity index (χ1v) is 13.6. The molecule has 194 valence electrons. The van der Waals surface area contributed by atoms with Crippen LogP contribution in [0.15, 0.2) is 30.3 Å². The second-order valence-corrected chi connectivity index (χ2v) is 12.6. The van der Waals surface area contributed by atoms with Gasteiger partial charge in [-0.05, 0) is 82.3 Å². The Morgan fingerprint density at radius 1 is 1.06 bits per heavy atom. The normalized spacial score (nSPS) is 26.6. The predicted molar refractivity (Wildman–Crippen MR) is 142 cm³/mol. The van der Waals surface area contributed by atoms with Crippen molar-refractivity contribution in [3.8, 4) is 5.69 Å². The van der Waals surface area contributed by atoms with Crippen molar-refractivity contribution in [3.05, 3.63) is 41.6 Å². The summed E-state index contributed by atoms with van der Waals surface area (Å²) in [6.07, 6.45) is 7.29. The molecule has 7 nitrogen and oxygen atoms in total. The number of hydrogen-bond donors (Lipinski definition) is 2. The van der Waals surface area contributed by atoms with Crippen LogP contribution >= 0.6 is 0 Å². The Morgan fingerprint density at radius 2 is 1.64 bits per heavy atom. The van der Waals surface area contributed by atoms with Crippen LogP contribution in [0, 0.1) is 24.7 Å². The maximum absolute atomic E-state index is 13.3. The molecule has 4 aliphatic rings. The van der Waals surface area contributed by atoms with Gasteiger partial charge in [-0.3, -0.25) is 4.79 Å². The van der Waals surface area contributed by atoms with Crippen molar-refractivity contribution in [2.75, 3.05) is 18.4 Å². The van der Waals surface area contributed by atoms with E-state index in [0.717, 1.165) is 54.0 Å². The topological polar surface area (TPSA) is 79.3 Å². The minimum absolute atomic E-state index is 0.0125. The van der Waals surface area contributed by atoms with Gasteiger partial charge in [0.2, 0.25) is 5.91 Å². The Hall–Kier alpha value is -2.83. The number of aryl methyl sites for hydroxylation is 1. The number of likely N-dealkylation sites (N-methyl/N-ethyl adjacent to an activating group) is 1. The number of rotatable bonds is 6. The lowest BCUT2D eigenvalue weighted by molar-refractivity contribution is -0.116. The molecule has 0 aliphatic heterocycles. The Kier molecular flexibility index (Phi) is 6.38. The van der Waals surface area contributed by atoms with E-state index in [9.17, 15) is 9.59 Å². The standard InChI is InChI=1S/C29H41N5O2/c1-6-33(27(36)31-29-15-20-11-21(16-29)13-22(12-20)17-29)18-26(35)30-25-14-24(28(3,4)5)32-34(25)23-9-7-19(2)8-10-23/h7-10,14,20-22H,6,11-13,15-18H2,1-5H3,(H,30,35)(H,31,36). The molecule has 0 atom stereocenters. The number of urea groups is 1. The molecule has 7 heteroatoms. The van der Waals surface area contributed by atoms with E-state index >= 15 is 0 Å². The zero-order valence-corrected chi connectivity index (χ0v) is 22.4. The van der Waals surface area contributed by atoms with E-state index in [0.29, 0.717) is 12.4 Å². The highest BCUT2D eigenvalue weighted by Gasteiger charge is 2.51. The average Bonchev–Trinajstić information content (AvgIpc) is 3.21. The van der Waals surface area contributed by atoms with Gasteiger partial charge in [0.05, 0.1) is 11.4 Å². The van der Waals surface area contributed by atoms with Crippen LogP contribution in [0.2, 0.25) is 0 Å². The van der Waals surface area contributed by atoms with Gasteiger partial charge in [0, 0.05) is 23.6 Å². The molecule has 4 saturated carbocycles. The monoisotopic (exact) mass is 491 g/mol. The molecule has 4 fully saturated rings. The zero-order valence-electron chi connectivity index (χ0n) is 22.4. The Balaban J connectivity index is 1.28. The largest absolute Gasteiger partial charge is 0.333 e. The third-order valence-corrected chi connectivity index (χ3v) is 8.44. The van der Waals surface area contributed by atoms with Crippen LogP contribution < -0.4 is 10.6 Å². The number of nitrogens with zero attached hydrogens (tertiary/aromatic N) is 3. The third kappa shape index (κ3) is 5.02. The van der Waals surface area contributed by atoms with Gasteiger partial charge >= 0.3 is 6.03 Å². The zero-order chi connectivity index (χ0) is 25.7. The van der Waals surface area contributed by atoms with Gasteiger partial charge in [-0.2, -0.15) is 5.10 Å². The van der Waals surface area contributed by atoms with Crippen LogP contribution in [0.25, 0.3) is 5.69 Å². The second-order valence-electron chi connectivity index (χ2n) is 12.6. The molecule has 36 heavy (non-hydrogen) atoms. The van der Waals surface area contributed by atoms with Crippen LogP contribution in [-0.2, 0) is 10.2 Å². The molecule has 1 aromatic carbocycles. The lowest BCUT2D eigenvalue weighted by atomic mass is 9.53. The minimum atomic E-state index is -0.216. The predicted octanol–water partition coefficient (Wildman–Crippen LogP) is 5.42. The highest BCUT2D eigenvalue weighted by Crippen LogP contribution is 2.55. The maximum atomic E-state index is 13.3. The number of anilines is 1. The summed E-state index contributed by atoms with van der Waals surface area (Å²) < 4.78 is 1.78. The number of nitrogens with one attached hydrogen (secondary N) is 2. The molecular formula is C29H41N5O2. The Bertz CT molecular complexity index is 1090. The highest BCUT2D eigenvalue weighted by molar-refractivity contribution is 5.94. The molecule has 6 rings (SSSR count). The molecule has 3 amide bonds. The van der Waals surface area contributed by atoms with Crippen LogP contribution in [0.4, 0.5) is 10.6 Å². The van der Waals surface area contributed by atoms with Crippen LogP contribution in [-0.4, -0.2) is 45.2 Å². The number of carbonyl (C=O) groups is 2. The van der Waals surface area contributed by atoms with E-state index in [2.05, 4.69) is 31.4 Å². The summed E-state index contributed by atoms with van der Waals surface area (Å²) in [6, 6.07) is 9.89. The van der Waals surface area contributed by atoms with E-state index in [1.165, 1.54) is 19.3 Å². The van der Waals surface area contributed by atoms with Crippen LogP contribution in [0.3, 0.4) is 0 Å². The Morgan fingerprint density at radius 3 is 2.17 bits per heavy atom. The maximum Gasteiger partial charge on any atom is 0.318 e. The fourth-order valence-corrected chi connectivity index (χ4v) is 6.97. The van der Waals surface area contributed by atoms with Crippen molar-refractivity contribution in [3.63, 3.8) is 0 Å². The van der Waals surface area contributed by atoms with Crippen molar-refractivity contribution in [2.45, 2.75) is 84.1 Å². The van der Waals surface area contributed by atoms with Crippen LogP contribution in [0.5, 0.6) is 0 Å². The van der Waals surface area contributed by atoms with Crippen molar-refractivity contribution in [1.82, 2.24) is 20.0 Å². The summed E-state index contributed by atoms with van der Waals surface area (Å²) in [7, 11) is 0. The number of carbonyl (C=O) groups excluding carboxylic acids is 2. The molecule has 2 aromatic rings. The van der Waals surface area contributed by atoms with E-state index in [1.54, 1.807) is 9.58 Å². The third-order valence-electron chi connectivity index (χ3n) is 8.44. The molecule has 0 saturated heterocycles. The van der Waals surface area contributed by atoms with E-state index in [4.69, 9.17) is 5.10 Å². The number of hydrogen-bond acceptors (Lipinski definition) is 3. The first-order chi connectivity index (χ1) is 17.0. The average molecular weight is 492 g/mol. The van der Waals surface area contributed by atoms with Gasteiger partial charge in [0.25, 0.3) is 0 Å². The fourth-order valence-electron chi connectivity index (χ4n) is 6.97. The second kappa shape index (κ2) is 9.24. The first kappa shape index (κ1) is 24.8. The number of benzene rings is 1. The summed E-state index contributed by atoms with van der Waals surface area (Å²) >= 11 is 0. The lowest BCUT2D eigenvalue weighted by Gasteiger charge is -2.57. The number of aromatic nitrogens is 2. The van der Waals surface area contributed by atoms with E-state index < -0.39 is 0 Å². The van der Waals surface area contributed by atoms with Crippen LogP contribution in [0.1, 0.15) is 77.5 Å². The number of amides is 3. The van der Waals surface area contributed by atoms with Gasteiger partial charge in [-0.1, -0.05) is 38.5 Å². The molecular weight excluding hydrogens is 450 g/mol. The van der Waals surface area contributed by atoms with Gasteiger partial charge in [0.1, 0.15) is 12.4 Å². The van der Waals surface area contributed by atoms with Crippen molar-refractivity contribution < 1.29 is 9.59 Å². The SMILES string of the molecule is CCN(CC(=O)Nc1cc(C(C)(C)C)nn1-c1ccc(C)cc1)C(=O)NC12CC3CC(CC(C3)C1)C2. The summed E-state index contributed by atoms with van der Waals surface area (Å²) in [5.74, 6) is 2.68. The van der Waals surface area contributed by atoms with Crippen molar-refractivity contribution >= 4 is 17.8 Å². The van der Waals surface area contributed by atoms with Gasteiger partial charge in [-0.15, -0.1) is 0 Å². The molecule has 0 spiro atoms. The molecule has 2 N–H and O–H groups in total. The van der Waals surface area contributed by atoms with Gasteiger partial charge in [0.15, 0.2) is 0 Å². The summed E-state index contributed by atoms with van der Waals surface area (Å²) in [5, 5.41) is 11.2. The molecule has 1 heterocycles. The van der Waals surface area contributed by atoms with Gasteiger partial charge < -0.3 is 15.5 Å². The van der Waals surface area contributed by atoms with Gasteiger partial charge in [-0.25, -0.2) is 9.48 Å². The lowest BCUT2D eigenvalue weighted by Crippen LogP contribution is -2.62. The summed E-state index contributed by atoms with van der Waals surface area (Å²) in [5.41, 5.74) is 2.71. The molecule has 4 aliphatic carbocycles. The quantitative estimate of drug-likeness (QED) is 0.567. The summed E-state index contributed by atoms with van der Waals surface area (Å²) in [4.78, 5) is 28.1. The smallest absolute Gasteiger partial charge is 0.318 e. The minimum Gasteiger partial charge on any atom is -0.333 e. The fraction of sp³-hybridized carbons (Fsp3) is 0.621. The first-order valence-electron chi connectivity index (χ1n) is 13.6. The molecule has 4 bridgehead atoms. The van der Waals surface area contributed by atoms with E-state index in [1.807, 2.05) is 44.2 Å². The molecule has 0 unspecified atom stereocenters. The van der Waals surface area contributed by atoms with E-state index in [-0.39, 0.29) is 29.4 Å². The summed E-state index contributed by atoms with van der Waals surface area (Å²) in [6.45, 7) is 10.8. The van der Waals surface area contributed by atoms with Crippen molar-refractivity contribution in [1.29, 1.82) is 0 Å². The highest BCUT2D eigenvalue weighted by atomic mass is 16.2. The molecule has 1 aromatic heterocycles. The Labute approximate surface area is 215 Å². The molecule has 0 radical (unpaired) electrons.